The average molecular weight is 250 g/mol. The molecule has 0 fully saturated rings. The minimum Gasteiger partial charge on any atom is -0.305 e. The molecular weight excluding hydrogens is 232 g/mol. The summed E-state index contributed by atoms with van der Waals surface area (Å²) in [6.45, 7) is 8.75. The maximum absolute atomic E-state index is 4.42. The van der Waals surface area contributed by atoms with Crippen molar-refractivity contribution in [3.63, 3.8) is 0 Å². The minimum absolute atomic E-state index is 0.826. The molecule has 2 rings (SSSR count). The summed E-state index contributed by atoms with van der Waals surface area (Å²) < 4.78 is 2.04. The largest absolute Gasteiger partial charge is 0.305 e. The average Bonchev–Trinajstić information content (AvgIpc) is 2.85. The Kier molecular flexibility index (Phi) is 3.91. The number of thiazole rings is 1. The molecule has 92 valence electrons. The molecule has 2 aromatic rings. The van der Waals surface area contributed by atoms with Gasteiger partial charge in [-0.3, -0.25) is 4.68 Å². The van der Waals surface area contributed by atoms with Gasteiger partial charge in [0.15, 0.2) is 0 Å². The summed E-state index contributed by atoms with van der Waals surface area (Å²) in [6, 6.07) is 2.13. The van der Waals surface area contributed by atoms with Gasteiger partial charge < -0.3 is 5.32 Å². The molecule has 0 bridgehead atoms. The maximum atomic E-state index is 4.42. The van der Waals surface area contributed by atoms with E-state index in [9.17, 15) is 0 Å². The summed E-state index contributed by atoms with van der Waals surface area (Å²) in [6.07, 6.45) is 0. The third-order valence-electron chi connectivity index (χ3n) is 2.53. The molecule has 0 unspecified atom stereocenters. The second-order valence-corrected chi connectivity index (χ2v) is 5.02. The fourth-order valence-electron chi connectivity index (χ4n) is 1.80. The molecule has 17 heavy (non-hydrogen) atoms. The monoisotopic (exact) mass is 250 g/mol. The summed E-state index contributed by atoms with van der Waals surface area (Å²) >= 11 is 1.70. The second kappa shape index (κ2) is 5.42. The van der Waals surface area contributed by atoms with Crippen molar-refractivity contribution in [2.24, 2.45) is 0 Å². The molecule has 0 aliphatic rings. The van der Waals surface area contributed by atoms with Gasteiger partial charge in [-0.15, -0.1) is 11.3 Å². The van der Waals surface area contributed by atoms with Crippen LogP contribution in [0.25, 0.3) is 0 Å². The van der Waals surface area contributed by atoms with Crippen molar-refractivity contribution in [2.45, 2.75) is 40.4 Å². The predicted octanol–water partition coefficient (Wildman–Crippen LogP) is 2.27. The molecule has 2 heterocycles. The molecule has 0 spiro atoms. The Morgan fingerprint density at radius 1 is 1.29 bits per heavy atom. The first-order valence-corrected chi connectivity index (χ1v) is 6.72. The zero-order chi connectivity index (χ0) is 12.3. The quantitative estimate of drug-likeness (QED) is 0.885. The van der Waals surface area contributed by atoms with E-state index in [1.54, 1.807) is 11.3 Å². The molecule has 0 atom stereocenters. The summed E-state index contributed by atoms with van der Waals surface area (Å²) in [5.41, 5.74) is 3.41. The van der Waals surface area contributed by atoms with Crippen molar-refractivity contribution in [2.75, 3.05) is 0 Å². The molecule has 0 aromatic carbocycles. The lowest BCUT2D eigenvalue weighted by molar-refractivity contribution is 0.578. The molecule has 0 radical (unpaired) electrons. The molecule has 0 aliphatic carbocycles. The summed E-state index contributed by atoms with van der Waals surface area (Å²) in [7, 11) is 0. The van der Waals surface area contributed by atoms with Crippen molar-refractivity contribution in [1.29, 1.82) is 0 Å². The zero-order valence-corrected chi connectivity index (χ0v) is 11.3. The number of aryl methyl sites for hydroxylation is 3. The third kappa shape index (κ3) is 3.14. The third-order valence-corrected chi connectivity index (χ3v) is 3.50. The Morgan fingerprint density at radius 3 is 2.76 bits per heavy atom. The molecule has 5 heteroatoms. The Hall–Kier alpha value is -1.20. The Morgan fingerprint density at radius 2 is 2.12 bits per heavy atom. The van der Waals surface area contributed by atoms with Gasteiger partial charge in [0.1, 0.15) is 5.01 Å². The van der Waals surface area contributed by atoms with E-state index in [0.29, 0.717) is 0 Å². The van der Waals surface area contributed by atoms with Gasteiger partial charge in [0.25, 0.3) is 0 Å². The molecule has 1 N–H and O–H groups in total. The lowest BCUT2D eigenvalue weighted by Gasteiger charge is -2.05. The van der Waals surface area contributed by atoms with E-state index in [-0.39, 0.29) is 0 Å². The van der Waals surface area contributed by atoms with Gasteiger partial charge in [-0.25, -0.2) is 4.98 Å². The number of hydrogen-bond donors (Lipinski definition) is 1. The first kappa shape index (κ1) is 12.3. The first-order valence-electron chi connectivity index (χ1n) is 5.84. The van der Waals surface area contributed by atoms with Crippen LogP contribution in [-0.2, 0) is 19.6 Å². The van der Waals surface area contributed by atoms with E-state index in [1.165, 1.54) is 5.69 Å². The van der Waals surface area contributed by atoms with Gasteiger partial charge >= 0.3 is 0 Å². The van der Waals surface area contributed by atoms with Crippen LogP contribution in [0.4, 0.5) is 0 Å². The fourth-order valence-corrected chi connectivity index (χ4v) is 2.54. The van der Waals surface area contributed by atoms with Gasteiger partial charge in [-0.2, -0.15) is 5.10 Å². The molecular formula is C12H18N4S. The van der Waals surface area contributed by atoms with E-state index in [2.05, 4.69) is 33.8 Å². The van der Waals surface area contributed by atoms with Crippen LogP contribution in [0.15, 0.2) is 11.4 Å². The number of nitrogens with one attached hydrogen (secondary N) is 1. The van der Waals surface area contributed by atoms with E-state index in [0.717, 1.165) is 36.0 Å². The lowest BCUT2D eigenvalue weighted by Crippen LogP contribution is -2.16. The maximum Gasteiger partial charge on any atom is 0.107 e. The Bertz CT molecular complexity index is 486. The SMILES string of the molecule is CCn1nc(C)cc1CNCc1nc(C)cs1. The van der Waals surface area contributed by atoms with Crippen LogP contribution in [0.3, 0.4) is 0 Å². The van der Waals surface area contributed by atoms with Crippen molar-refractivity contribution in [3.8, 4) is 0 Å². The number of hydrogen-bond acceptors (Lipinski definition) is 4. The summed E-state index contributed by atoms with van der Waals surface area (Å²) in [4.78, 5) is 4.42. The lowest BCUT2D eigenvalue weighted by atomic mass is 10.3. The fraction of sp³-hybridized carbons (Fsp3) is 0.500. The normalized spacial score (nSPS) is 11.0. The van der Waals surface area contributed by atoms with Crippen LogP contribution in [0.5, 0.6) is 0 Å². The van der Waals surface area contributed by atoms with Crippen LogP contribution in [0.2, 0.25) is 0 Å². The van der Waals surface area contributed by atoms with Crippen LogP contribution in [0.1, 0.15) is 29.0 Å². The van der Waals surface area contributed by atoms with E-state index in [1.807, 2.05) is 18.5 Å². The molecule has 4 nitrogen and oxygen atoms in total. The molecule has 0 amide bonds. The summed E-state index contributed by atoms with van der Waals surface area (Å²) in [5, 5.41) is 11.1. The number of rotatable bonds is 5. The standard InChI is InChI=1S/C12H18N4S/c1-4-16-11(5-9(2)15-16)6-13-7-12-14-10(3)8-17-12/h5,8,13H,4,6-7H2,1-3H3. The molecule has 0 saturated heterocycles. The highest BCUT2D eigenvalue weighted by Crippen LogP contribution is 2.09. The molecule has 0 aliphatic heterocycles. The van der Waals surface area contributed by atoms with Crippen molar-refractivity contribution in [1.82, 2.24) is 20.1 Å². The smallest absolute Gasteiger partial charge is 0.107 e. The predicted molar refractivity (Wildman–Crippen MR) is 70.0 cm³/mol. The molecule has 2 aromatic heterocycles. The van der Waals surface area contributed by atoms with Crippen molar-refractivity contribution >= 4 is 11.3 Å². The van der Waals surface area contributed by atoms with Gasteiger partial charge in [0.2, 0.25) is 0 Å². The van der Waals surface area contributed by atoms with Crippen LogP contribution in [0, 0.1) is 13.8 Å². The highest BCUT2D eigenvalue weighted by Gasteiger charge is 2.04. The van der Waals surface area contributed by atoms with Gasteiger partial charge in [-0.1, -0.05) is 0 Å². The first-order chi connectivity index (χ1) is 8.19. The second-order valence-electron chi connectivity index (χ2n) is 4.08. The molecule has 0 saturated carbocycles. The minimum atomic E-state index is 0.826. The van der Waals surface area contributed by atoms with Gasteiger partial charge in [0, 0.05) is 30.7 Å². The zero-order valence-electron chi connectivity index (χ0n) is 10.5. The number of nitrogens with zero attached hydrogens (tertiary/aromatic N) is 3. The van der Waals surface area contributed by atoms with Crippen LogP contribution < -0.4 is 5.32 Å². The van der Waals surface area contributed by atoms with E-state index >= 15 is 0 Å². The Balaban J connectivity index is 1.89. The number of aromatic nitrogens is 3. The van der Waals surface area contributed by atoms with E-state index in [4.69, 9.17) is 0 Å². The Labute approximate surface area is 106 Å². The topological polar surface area (TPSA) is 42.7 Å². The van der Waals surface area contributed by atoms with Crippen LogP contribution in [-0.4, -0.2) is 14.8 Å². The van der Waals surface area contributed by atoms with Gasteiger partial charge in [0.05, 0.1) is 11.4 Å². The van der Waals surface area contributed by atoms with Crippen molar-refractivity contribution < 1.29 is 0 Å². The van der Waals surface area contributed by atoms with Crippen LogP contribution >= 0.6 is 11.3 Å². The van der Waals surface area contributed by atoms with Gasteiger partial charge in [-0.05, 0) is 26.8 Å². The highest BCUT2D eigenvalue weighted by atomic mass is 32.1. The van der Waals surface area contributed by atoms with Crippen molar-refractivity contribution in [3.05, 3.63) is 33.5 Å². The van der Waals surface area contributed by atoms with E-state index < -0.39 is 0 Å². The highest BCUT2D eigenvalue weighted by molar-refractivity contribution is 7.09. The summed E-state index contributed by atoms with van der Waals surface area (Å²) in [5.74, 6) is 0.